The Morgan fingerprint density at radius 3 is 2.58 bits per heavy atom. The third-order valence-corrected chi connectivity index (χ3v) is 3.60. The zero-order valence-electron chi connectivity index (χ0n) is 11.7. The molecule has 3 N–H and O–H groups in total. The lowest BCUT2D eigenvalue weighted by molar-refractivity contribution is -0.139. The molecule has 1 fully saturated rings. The van der Waals surface area contributed by atoms with Gasteiger partial charge in [-0.05, 0) is 31.1 Å². The van der Waals surface area contributed by atoms with E-state index in [9.17, 15) is 9.59 Å². The maximum Gasteiger partial charge on any atom is 0.326 e. The predicted molar refractivity (Wildman–Crippen MR) is 71.0 cm³/mol. The van der Waals surface area contributed by atoms with Crippen LogP contribution < -0.4 is 10.6 Å². The summed E-state index contributed by atoms with van der Waals surface area (Å²) in [6, 6.07) is -1.20. The molecule has 2 amide bonds. The second-order valence-electron chi connectivity index (χ2n) is 5.25. The number of rotatable bonds is 9. The first-order valence-corrected chi connectivity index (χ1v) is 6.79. The predicted octanol–water partition coefficient (Wildman–Crippen LogP) is 1.36. The zero-order valence-corrected chi connectivity index (χ0v) is 11.7. The quantitative estimate of drug-likeness (QED) is 0.591. The van der Waals surface area contributed by atoms with Gasteiger partial charge >= 0.3 is 12.0 Å². The number of aliphatic carboxylic acids is 1. The van der Waals surface area contributed by atoms with Gasteiger partial charge in [0.15, 0.2) is 0 Å². The molecule has 6 nitrogen and oxygen atoms in total. The molecule has 0 saturated heterocycles. The Bertz CT molecular complexity index is 316. The monoisotopic (exact) mass is 272 g/mol. The van der Waals surface area contributed by atoms with Crippen LogP contribution >= 0.6 is 0 Å². The topological polar surface area (TPSA) is 87.7 Å². The summed E-state index contributed by atoms with van der Waals surface area (Å²) in [6.07, 6.45) is 4.27. The summed E-state index contributed by atoms with van der Waals surface area (Å²) in [6.45, 7) is 3.16. The third kappa shape index (κ3) is 5.46. The number of carbonyl (C=O) groups excluding carboxylic acids is 1. The van der Waals surface area contributed by atoms with Gasteiger partial charge in [0.25, 0.3) is 0 Å². The van der Waals surface area contributed by atoms with Crippen LogP contribution in [0.2, 0.25) is 0 Å². The van der Waals surface area contributed by atoms with Gasteiger partial charge in [-0.3, -0.25) is 0 Å². The van der Waals surface area contributed by atoms with Crippen LogP contribution in [0.4, 0.5) is 4.79 Å². The van der Waals surface area contributed by atoms with Gasteiger partial charge in [0, 0.05) is 20.3 Å². The van der Waals surface area contributed by atoms with Crippen LogP contribution in [0, 0.1) is 5.41 Å². The summed E-state index contributed by atoms with van der Waals surface area (Å²) in [4.78, 5) is 22.6. The number of methoxy groups -OCH3 is 1. The summed E-state index contributed by atoms with van der Waals surface area (Å²) in [5, 5.41) is 14.2. The molecule has 0 radical (unpaired) electrons. The number of nitrogens with one attached hydrogen (secondary N) is 2. The minimum atomic E-state index is -0.988. The molecule has 0 aliphatic heterocycles. The van der Waals surface area contributed by atoms with Gasteiger partial charge in [-0.1, -0.05) is 13.3 Å². The lowest BCUT2D eigenvalue weighted by Gasteiger charge is -2.18. The highest BCUT2D eigenvalue weighted by Crippen LogP contribution is 2.48. The van der Waals surface area contributed by atoms with Crippen molar-refractivity contribution in [2.45, 2.75) is 45.1 Å². The first-order chi connectivity index (χ1) is 9.03. The molecule has 19 heavy (non-hydrogen) atoms. The van der Waals surface area contributed by atoms with Crippen LogP contribution in [-0.4, -0.2) is 43.4 Å². The summed E-state index contributed by atoms with van der Waals surface area (Å²) >= 11 is 0. The van der Waals surface area contributed by atoms with Crippen molar-refractivity contribution in [3.63, 3.8) is 0 Å². The molecular weight excluding hydrogens is 248 g/mol. The van der Waals surface area contributed by atoms with E-state index in [0.29, 0.717) is 19.6 Å². The van der Waals surface area contributed by atoms with E-state index in [4.69, 9.17) is 9.84 Å². The summed E-state index contributed by atoms with van der Waals surface area (Å²) < 4.78 is 5.05. The Morgan fingerprint density at radius 1 is 1.42 bits per heavy atom. The third-order valence-electron chi connectivity index (χ3n) is 3.60. The SMILES string of the molecule is CCC[C@H](NC(=O)NCC1(CCOC)CC1)C(=O)O. The number of carboxylic acid groups (broad SMARTS) is 1. The van der Waals surface area contributed by atoms with E-state index in [1.807, 2.05) is 6.92 Å². The van der Waals surface area contributed by atoms with Gasteiger partial charge in [0.05, 0.1) is 0 Å². The molecule has 0 heterocycles. The summed E-state index contributed by atoms with van der Waals surface area (Å²) in [5.74, 6) is -0.988. The molecule has 1 atom stereocenters. The van der Waals surface area contributed by atoms with E-state index in [1.54, 1.807) is 7.11 Å². The van der Waals surface area contributed by atoms with Crippen LogP contribution in [0.15, 0.2) is 0 Å². The average molecular weight is 272 g/mol. The van der Waals surface area contributed by atoms with Crippen LogP contribution in [0.3, 0.4) is 0 Å². The van der Waals surface area contributed by atoms with E-state index < -0.39 is 18.0 Å². The van der Waals surface area contributed by atoms with Crippen molar-refractivity contribution in [3.8, 4) is 0 Å². The van der Waals surface area contributed by atoms with Gasteiger partial charge in [-0.15, -0.1) is 0 Å². The molecular formula is C13H24N2O4. The van der Waals surface area contributed by atoms with Crippen LogP contribution in [0.25, 0.3) is 0 Å². The molecule has 0 aromatic carbocycles. The second-order valence-corrected chi connectivity index (χ2v) is 5.25. The van der Waals surface area contributed by atoms with Gasteiger partial charge in [0.1, 0.15) is 6.04 Å². The number of carbonyl (C=O) groups is 2. The van der Waals surface area contributed by atoms with Gasteiger partial charge in [0.2, 0.25) is 0 Å². The number of amides is 2. The van der Waals surface area contributed by atoms with Crippen molar-refractivity contribution in [2.75, 3.05) is 20.3 Å². The van der Waals surface area contributed by atoms with Crippen molar-refractivity contribution < 1.29 is 19.4 Å². The van der Waals surface area contributed by atoms with Gasteiger partial charge < -0.3 is 20.5 Å². The molecule has 0 bridgehead atoms. The Labute approximate surface area is 113 Å². The largest absolute Gasteiger partial charge is 0.480 e. The fourth-order valence-corrected chi connectivity index (χ4v) is 2.03. The summed E-state index contributed by atoms with van der Waals surface area (Å²) in [7, 11) is 1.67. The Kier molecular flexibility index (Phi) is 6.08. The second kappa shape index (κ2) is 7.33. The highest BCUT2D eigenvalue weighted by atomic mass is 16.5. The molecule has 0 unspecified atom stereocenters. The zero-order chi connectivity index (χ0) is 14.3. The smallest absolute Gasteiger partial charge is 0.326 e. The maximum atomic E-state index is 11.7. The molecule has 0 spiro atoms. The maximum absolute atomic E-state index is 11.7. The molecule has 1 aliphatic carbocycles. The molecule has 1 rings (SSSR count). The molecule has 0 aromatic heterocycles. The van der Waals surface area contributed by atoms with Crippen molar-refractivity contribution in [3.05, 3.63) is 0 Å². The molecule has 110 valence electrons. The first kappa shape index (κ1) is 15.8. The molecule has 6 heteroatoms. The normalized spacial score (nSPS) is 17.6. The molecule has 0 aromatic rings. The van der Waals surface area contributed by atoms with E-state index in [1.165, 1.54) is 0 Å². The van der Waals surface area contributed by atoms with E-state index in [-0.39, 0.29) is 5.41 Å². The van der Waals surface area contributed by atoms with Crippen LogP contribution in [0.1, 0.15) is 39.0 Å². The summed E-state index contributed by atoms with van der Waals surface area (Å²) in [5.41, 5.74) is 0.164. The van der Waals surface area contributed by atoms with Crippen LogP contribution in [0.5, 0.6) is 0 Å². The van der Waals surface area contributed by atoms with Gasteiger partial charge in [-0.25, -0.2) is 9.59 Å². The average Bonchev–Trinajstić information content (AvgIpc) is 3.14. The Hall–Kier alpha value is -1.30. The minimum Gasteiger partial charge on any atom is -0.480 e. The highest BCUT2D eigenvalue weighted by molar-refractivity contribution is 5.82. The van der Waals surface area contributed by atoms with Crippen molar-refractivity contribution in [2.24, 2.45) is 5.41 Å². The fraction of sp³-hybridized carbons (Fsp3) is 0.846. The highest BCUT2D eigenvalue weighted by Gasteiger charge is 2.42. The van der Waals surface area contributed by atoms with Gasteiger partial charge in [-0.2, -0.15) is 0 Å². The molecule has 1 saturated carbocycles. The van der Waals surface area contributed by atoms with Crippen molar-refractivity contribution in [1.82, 2.24) is 10.6 Å². The lowest BCUT2D eigenvalue weighted by Crippen LogP contribution is -2.47. The number of hydrogen-bond donors (Lipinski definition) is 3. The fourth-order valence-electron chi connectivity index (χ4n) is 2.03. The Balaban J connectivity index is 2.29. The lowest BCUT2D eigenvalue weighted by atomic mass is 10.0. The standard InChI is InChI=1S/C13H24N2O4/c1-3-4-10(11(16)17)15-12(18)14-9-13(5-6-13)7-8-19-2/h10H,3-9H2,1-2H3,(H,16,17)(H2,14,15,18)/t10-/m0/s1. The number of ether oxygens (including phenoxy) is 1. The van der Waals surface area contributed by atoms with E-state index in [0.717, 1.165) is 25.7 Å². The van der Waals surface area contributed by atoms with Crippen molar-refractivity contribution >= 4 is 12.0 Å². The number of hydrogen-bond acceptors (Lipinski definition) is 3. The first-order valence-electron chi connectivity index (χ1n) is 6.79. The van der Waals surface area contributed by atoms with E-state index in [2.05, 4.69) is 10.6 Å². The Morgan fingerprint density at radius 2 is 2.11 bits per heavy atom. The van der Waals surface area contributed by atoms with Crippen molar-refractivity contribution in [1.29, 1.82) is 0 Å². The number of urea groups is 1. The van der Waals surface area contributed by atoms with Crippen LogP contribution in [-0.2, 0) is 9.53 Å². The van der Waals surface area contributed by atoms with E-state index >= 15 is 0 Å². The molecule has 1 aliphatic rings. The minimum absolute atomic E-state index is 0.164. The number of carboxylic acids is 1.